The van der Waals surface area contributed by atoms with Gasteiger partial charge in [0.1, 0.15) is 0 Å². The molecule has 2 N–H and O–H groups in total. The largest absolute Gasteiger partial charge is 0.490 e. The fourth-order valence-electron chi connectivity index (χ4n) is 4.24. The Balaban J connectivity index is 0.000000429. The van der Waals surface area contributed by atoms with Gasteiger partial charge in [-0.05, 0) is 65.3 Å². The Morgan fingerprint density at radius 2 is 1.71 bits per heavy atom. The van der Waals surface area contributed by atoms with Crippen LogP contribution in [0.3, 0.4) is 0 Å². The van der Waals surface area contributed by atoms with Crippen LogP contribution in [0, 0.1) is 6.92 Å². The zero-order chi connectivity index (χ0) is 25.8. The monoisotopic (exact) mass is 495 g/mol. The predicted molar refractivity (Wildman–Crippen MR) is 125 cm³/mol. The molecule has 3 heterocycles. The van der Waals surface area contributed by atoms with Crippen molar-refractivity contribution in [3.05, 3.63) is 46.8 Å². The Hall–Kier alpha value is -3.08. The first kappa shape index (κ1) is 26.5. The van der Waals surface area contributed by atoms with E-state index in [9.17, 15) is 18.0 Å². The highest BCUT2D eigenvalue weighted by Gasteiger charge is 2.38. The maximum absolute atomic E-state index is 12.8. The van der Waals surface area contributed by atoms with Gasteiger partial charge in [-0.1, -0.05) is 17.7 Å². The Labute approximate surface area is 202 Å². The number of carboxylic acid groups (broad SMARTS) is 1. The van der Waals surface area contributed by atoms with Gasteiger partial charge in [0, 0.05) is 30.4 Å². The van der Waals surface area contributed by atoms with E-state index in [0.29, 0.717) is 12.6 Å². The number of nitrogens with zero attached hydrogens (tertiary/aromatic N) is 4. The number of carbonyl (C=O) groups is 2. The zero-order valence-electron chi connectivity index (χ0n) is 20.2. The standard InChI is InChI=1S/C22H31N5O.C2HF3O2/c1-16(2)27-21-15-26(22(28)23-18-8-6-17(3)7-9-18)13-10-19(21)20(24-27)14-25-11-4-5-12-25;3-2(4,5)1(6)7/h6-9,16H,4-5,10-15H2,1-3H3,(H,23,28);(H,6,7). The van der Waals surface area contributed by atoms with Gasteiger partial charge in [0.25, 0.3) is 0 Å². The third kappa shape index (κ3) is 6.97. The molecule has 2 aliphatic rings. The molecule has 0 aliphatic carbocycles. The molecule has 192 valence electrons. The summed E-state index contributed by atoms with van der Waals surface area (Å²) in [6, 6.07) is 8.20. The second-order valence-electron chi connectivity index (χ2n) is 9.16. The molecule has 0 saturated carbocycles. The SMILES string of the molecule is Cc1ccc(NC(=O)N2CCc3c(CN4CCCC4)nn(C(C)C)c3C2)cc1.O=C(O)C(F)(F)F. The number of rotatable bonds is 4. The average Bonchev–Trinajstić information content (AvgIpc) is 3.43. The van der Waals surface area contributed by atoms with E-state index in [4.69, 9.17) is 15.0 Å². The number of likely N-dealkylation sites (tertiary alicyclic amines) is 1. The van der Waals surface area contributed by atoms with Crippen molar-refractivity contribution in [2.45, 2.75) is 65.3 Å². The summed E-state index contributed by atoms with van der Waals surface area (Å²) >= 11 is 0. The topological polar surface area (TPSA) is 90.7 Å². The number of nitrogens with one attached hydrogen (secondary N) is 1. The third-order valence-electron chi connectivity index (χ3n) is 6.07. The Morgan fingerprint density at radius 1 is 1.11 bits per heavy atom. The van der Waals surface area contributed by atoms with Gasteiger partial charge >= 0.3 is 18.2 Å². The summed E-state index contributed by atoms with van der Waals surface area (Å²) in [4.78, 5) is 26.1. The van der Waals surface area contributed by atoms with E-state index in [1.54, 1.807) is 0 Å². The number of aromatic nitrogens is 2. The van der Waals surface area contributed by atoms with Crippen molar-refractivity contribution < 1.29 is 27.9 Å². The number of aliphatic carboxylic acids is 1. The highest BCUT2D eigenvalue weighted by Crippen LogP contribution is 2.27. The number of carbonyl (C=O) groups excluding carboxylic acids is 1. The van der Waals surface area contributed by atoms with Gasteiger partial charge < -0.3 is 15.3 Å². The Bertz CT molecular complexity index is 1030. The van der Waals surface area contributed by atoms with Crippen molar-refractivity contribution in [3.63, 3.8) is 0 Å². The molecule has 11 heteroatoms. The van der Waals surface area contributed by atoms with E-state index in [-0.39, 0.29) is 6.03 Å². The van der Waals surface area contributed by atoms with Crippen LogP contribution >= 0.6 is 0 Å². The minimum atomic E-state index is -5.08. The van der Waals surface area contributed by atoms with Crippen molar-refractivity contribution >= 4 is 17.7 Å². The molecule has 0 unspecified atom stereocenters. The normalized spacial score (nSPS) is 16.0. The molecule has 0 radical (unpaired) electrons. The summed E-state index contributed by atoms with van der Waals surface area (Å²) in [5.74, 6) is -2.76. The lowest BCUT2D eigenvalue weighted by atomic mass is 10.0. The maximum Gasteiger partial charge on any atom is 0.490 e. The van der Waals surface area contributed by atoms with E-state index in [1.807, 2.05) is 36.1 Å². The molecule has 2 amide bonds. The summed E-state index contributed by atoms with van der Waals surface area (Å²) in [5, 5.41) is 15.1. The smallest absolute Gasteiger partial charge is 0.475 e. The summed E-state index contributed by atoms with van der Waals surface area (Å²) in [7, 11) is 0. The van der Waals surface area contributed by atoms with Crippen LogP contribution in [0.2, 0.25) is 0 Å². The molecule has 1 saturated heterocycles. The Morgan fingerprint density at radius 3 is 2.26 bits per heavy atom. The molecule has 1 aromatic carbocycles. The average molecular weight is 496 g/mol. The van der Waals surface area contributed by atoms with Gasteiger partial charge in [0.15, 0.2) is 0 Å². The number of fused-ring (bicyclic) bond motifs is 1. The highest BCUT2D eigenvalue weighted by molar-refractivity contribution is 5.89. The molecule has 1 aromatic heterocycles. The van der Waals surface area contributed by atoms with Crippen molar-refractivity contribution in [2.75, 3.05) is 25.0 Å². The van der Waals surface area contributed by atoms with Crippen LogP contribution in [-0.4, -0.2) is 62.5 Å². The van der Waals surface area contributed by atoms with E-state index in [1.165, 1.54) is 48.4 Å². The van der Waals surface area contributed by atoms with Crippen molar-refractivity contribution in [3.8, 4) is 0 Å². The van der Waals surface area contributed by atoms with Crippen LogP contribution in [0.1, 0.15) is 55.2 Å². The molecular weight excluding hydrogens is 463 g/mol. The molecule has 35 heavy (non-hydrogen) atoms. The van der Waals surface area contributed by atoms with Gasteiger partial charge in [-0.2, -0.15) is 18.3 Å². The first-order chi connectivity index (χ1) is 16.5. The molecule has 4 rings (SSSR count). The van der Waals surface area contributed by atoms with Crippen molar-refractivity contribution in [2.24, 2.45) is 0 Å². The number of amides is 2. The molecule has 0 spiro atoms. The number of alkyl halides is 3. The van der Waals surface area contributed by atoms with Crippen LogP contribution in [0.15, 0.2) is 24.3 Å². The second kappa shape index (κ2) is 11.1. The van der Waals surface area contributed by atoms with Crippen LogP contribution in [0.25, 0.3) is 0 Å². The second-order valence-corrected chi connectivity index (χ2v) is 9.16. The first-order valence-electron chi connectivity index (χ1n) is 11.7. The first-order valence-corrected chi connectivity index (χ1v) is 11.7. The van der Waals surface area contributed by atoms with Gasteiger partial charge in [-0.15, -0.1) is 0 Å². The molecular formula is C24H32F3N5O3. The minimum Gasteiger partial charge on any atom is -0.475 e. The molecule has 0 bridgehead atoms. The van der Waals surface area contributed by atoms with Crippen molar-refractivity contribution in [1.29, 1.82) is 0 Å². The fourth-order valence-corrected chi connectivity index (χ4v) is 4.24. The van der Waals surface area contributed by atoms with Gasteiger partial charge in [0.05, 0.1) is 17.9 Å². The lowest BCUT2D eigenvalue weighted by molar-refractivity contribution is -0.192. The van der Waals surface area contributed by atoms with Gasteiger partial charge in [0.2, 0.25) is 0 Å². The number of urea groups is 1. The molecule has 8 nitrogen and oxygen atoms in total. The van der Waals surface area contributed by atoms with E-state index in [2.05, 4.69) is 28.7 Å². The number of halogens is 3. The van der Waals surface area contributed by atoms with Crippen LogP contribution in [-0.2, 0) is 24.3 Å². The summed E-state index contributed by atoms with van der Waals surface area (Å²) in [6.45, 7) is 11.0. The number of benzene rings is 1. The number of anilines is 1. The maximum atomic E-state index is 12.8. The number of hydrogen-bond donors (Lipinski definition) is 2. The van der Waals surface area contributed by atoms with E-state index >= 15 is 0 Å². The minimum absolute atomic E-state index is 0.0351. The van der Waals surface area contributed by atoms with Crippen LogP contribution < -0.4 is 5.32 Å². The molecule has 2 aliphatic heterocycles. The van der Waals surface area contributed by atoms with Crippen molar-refractivity contribution in [1.82, 2.24) is 19.6 Å². The lowest BCUT2D eigenvalue weighted by Gasteiger charge is -2.29. The molecule has 2 aromatic rings. The van der Waals surface area contributed by atoms with Gasteiger partial charge in [-0.3, -0.25) is 9.58 Å². The van der Waals surface area contributed by atoms with Gasteiger partial charge in [-0.25, -0.2) is 9.59 Å². The number of hydrogen-bond acceptors (Lipinski definition) is 4. The Kier molecular flexibility index (Phi) is 8.42. The number of carboxylic acids is 1. The fraction of sp³-hybridized carbons (Fsp3) is 0.542. The summed E-state index contributed by atoms with van der Waals surface area (Å²) < 4.78 is 33.9. The highest BCUT2D eigenvalue weighted by atomic mass is 19.4. The van der Waals surface area contributed by atoms with Crippen LogP contribution in [0.4, 0.5) is 23.7 Å². The third-order valence-corrected chi connectivity index (χ3v) is 6.07. The van der Waals surface area contributed by atoms with E-state index < -0.39 is 12.1 Å². The van der Waals surface area contributed by atoms with Crippen LogP contribution in [0.5, 0.6) is 0 Å². The lowest BCUT2D eigenvalue weighted by Crippen LogP contribution is -2.39. The van der Waals surface area contributed by atoms with E-state index in [0.717, 1.165) is 25.2 Å². The zero-order valence-corrected chi connectivity index (χ0v) is 20.2. The molecule has 0 atom stereocenters. The number of aryl methyl sites for hydroxylation is 1. The molecule has 1 fully saturated rings. The summed E-state index contributed by atoms with van der Waals surface area (Å²) in [6.07, 6.45) is -1.62. The summed E-state index contributed by atoms with van der Waals surface area (Å²) in [5.41, 5.74) is 5.80. The predicted octanol–water partition coefficient (Wildman–Crippen LogP) is 4.59. The quantitative estimate of drug-likeness (QED) is 0.648.